The van der Waals surface area contributed by atoms with Crippen LogP contribution < -0.4 is 15.0 Å². The summed E-state index contributed by atoms with van der Waals surface area (Å²) < 4.78 is 43.1. The van der Waals surface area contributed by atoms with Crippen LogP contribution in [-0.4, -0.2) is 40.0 Å². The second-order valence-electron chi connectivity index (χ2n) is 8.51. The molecule has 0 bridgehead atoms. The molecule has 3 amide bonds. The summed E-state index contributed by atoms with van der Waals surface area (Å²) in [6.07, 6.45) is 1.60. The van der Waals surface area contributed by atoms with E-state index in [0.29, 0.717) is 5.82 Å². The van der Waals surface area contributed by atoms with Gasteiger partial charge in [-0.2, -0.15) is 13.2 Å². The molecule has 1 aromatic heterocycles. The molecule has 0 spiro atoms. The second-order valence-corrected chi connectivity index (χ2v) is 9.65. The van der Waals surface area contributed by atoms with Crippen LogP contribution in [0.2, 0.25) is 0 Å². The summed E-state index contributed by atoms with van der Waals surface area (Å²) in [6.45, 7) is 3.41. The normalized spacial score (nSPS) is 15.4. The minimum Gasteiger partial charge on any atom is -0.497 e. The van der Waals surface area contributed by atoms with Crippen LogP contribution in [0.15, 0.2) is 71.8 Å². The number of nitrogens with one attached hydrogen (secondary N) is 1. The van der Waals surface area contributed by atoms with Gasteiger partial charge >= 0.3 is 11.5 Å². The Balaban J connectivity index is 1.52. The second kappa shape index (κ2) is 9.73. The van der Waals surface area contributed by atoms with Gasteiger partial charge in [0.1, 0.15) is 17.1 Å². The maximum absolute atomic E-state index is 13.3. The molecule has 1 fully saturated rings. The van der Waals surface area contributed by atoms with Crippen LogP contribution in [0, 0.1) is 0 Å². The number of rotatable bonds is 7. The van der Waals surface area contributed by atoms with Crippen molar-refractivity contribution in [3.8, 4) is 5.75 Å². The lowest BCUT2D eigenvalue weighted by Gasteiger charge is -2.27. The fourth-order valence-corrected chi connectivity index (χ4v) is 4.31. The first-order valence-corrected chi connectivity index (χ1v) is 11.7. The number of carbonyl (C=O) groups excluding carboxylic acids is 2. The zero-order chi connectivity index (χ0) is 26.1. The molecule has 7 nitrogen and oxygen atoms in total. The van der Waals surface area contributed by atoms with E-state index in [-0.39, 0.29) is 28.9 Å². The zero-order valence-electron chi connectivity index (χ0n) is 19.7. The van der Waals surface area contributed by atoms with Crippen LogP contribution in [0.3, 0.4) is 0 Å². The molecule has 0 atom stereocenters. The van der Waals surface area contributed by atoms with Crippen LogP contribution in [0.1, 0.15) is 19.4 Å². The summed E-state index contributed by atoms with van der Waals surface area (Å²) in [5, 5.41) is 3.19. The number of ether oxygens (including phenoxy) is 1. The van der Waals surface area contributed by atoms with Crippen molar-refractivity contribution in [2.75, 3.05) is 17.3 Å². The van der Waals surface area contributed by atoms with Crippen molar-refractivity contribution in [2.45, 2.75) is 36.3 Å². The molecule has 0 aliphatic carbocycles. The molecule has 36 heavy (non-hydrogen) atoms. The summed E-state index contributed by atoms with van der Waals surface area (Å²) in [5.74, 6) is 0.817. The standard InChI is InChI=1S/C25H23F3N4O3S/c1-24(2)22(33)32(18-6-10-20(11-7-18)36-25(26,27)28)23(34)31(24)15-16-12-13-29-21(14-16)30-17-4-8-19(35-3)9-5-17/h4-14H,15H2,1-3H3,(H,29,30). The third kappa shape index (κ3) is 5.40. The van der Waals surface area contributed by atoms with Gasteiger partial charge in [0.2, 0.25) is 0 Å². The number of aromatic nitrogens is 1. The number of pyridine rings is 1. The van der Waals surface area contributed by atoms with Gasteiger partial charge in [0.25, 0.3) is 5.91 Å². The van der Waals surface area contributed by atoms with Crippen molar-refractivity contribution in [3.63, 3.8) is 0 Å². The van der Waals surface area contributed by atoms with Gasteiger partial charge in [-0.15, -0.1) is 0 Å². The Bertz CT molecular complexity index is 1260. The molecule has 2 aromatic carbocycles. The number of alkyl halides is 3. The fourth-order valence-electron chi connectivity index (χ4n) is 3.77. The van der Waals surface area contributed by atoms with E-state index in [2.05, 4.69) is 10.3 Å². The van der Waals surface area contributed by atoms with Gasteiger partial charge in [0.05, 0.1) is 12.8 Å². The van der Waals surface area contributed by atoms with E-state index in [0.717, 1.165) is 21.9 Å². The van der Waals surface area contributed by atoms with Crippen molar-refractivity contribution in [3.05, 3.63) is 72.4 Å². The topological polar surface area (TPSA) is 74.8 Å². The molecule has 3 aromatic rings. The van der Waals surface area contributed by atoms with Gasteiger partial charge in [-0.25, -0.2) is 14.7 Å². The number of carbonyl (C=O) groups is 2. The van der Waals surface area contributed by atoms with E-state index in [1.165, 1.54) is 29.2 Å². The highest BCUT2D eigenvalue weighted by atomic mass is 32.2. The van der Waals surface area contributed by atoms with E-state index in [1.807, 2.05) is 24.3 Å². The van der Waals surface area contributed by atoms with Crippen LogP contribution in [-0.2, 0) is 11.3 Å². The summed E-state index contributed by atoms with van der Waals surface area (Å²) in [5.41, 5.74) is -3.83. The number of methoxy groups -OCH3 is 1. The summed E-state index contributed by atoms with van der Waals surface area (Å²) >= 11 is -0.258. The van der Waals surface area contributed by atoms with Gasteiger partial charge in [-0.05, 0) is 91.8 Å². The molecule has 4 rings (SSSR count). The highest BCUT2D eigenvalue weighted by molar-refractivity contribution is 8.00. The molecule has 0 saturated carbocycles. The number of anilines is 3. The minimum absolute atomic E-state index is 0.0323. The largest absolute Gasteiger partial charge is 0.497 e. The van der Waals surface area contributed by atoms with Gasteiger partial charge in [0, 0.05) is 23.3 Å². The van der Waals surface area contributed by atoms with E-state index >= 15 is 0 Å². The molecule has 1 aliphatic heterocycles. The number of amides is 3. The maximum Gasteiger partial charge on any atom is 0.446 e. The third-order valence-corrected chi connectivity index (χ3v) is 6.42. The van der Waals surface area contributed by atoms with Crippen LogP contribution in [0.5, 0.6) is 5.75 Å². The Morgan fingerprint density at radius 2 is 1.69 bits per heavy atom. The monoisotopic (exact) mass is 516 g/mol. The molecule has 1 N–H and O–H groups in total. The molecule has 188 valence electrons. The molecule has 1 saturated heterocycles. The lowest BCUT2D eigenvalue weighted by molar-refractivity contribution is -0.123. The van der Waals surface area contributed by atoms with E-state index in [4.69, 9.17) is 4.74 Å². The van der Waals surface area contributed by atoms with Crippen LogP contribution in [0.25, 0.3) is 0 Å². The Kier molecular flexibility index (Phi) is 6.85. The molecule has 0 unspecified atom stereocenters. The average molecular weight is 517 g/mol. The summed E-state index contributed by atoms with van der Waals surface area (Å²) in [6, 6.07) is 15.4. The predicted octanol–water partition coefficient (Wildman–Crippen LogP) is 6.19. The lowest BCUT2D eigenvalue weighted by Crippen LogP contribution is -2.43. The number of benzene rings is 2. The van der Waals surface area contributed by atoms with Gasteiger partial charge in [-0.1, -0.05) is 0 Å². The highest BCUT2D eigenvalue weighted by Gasteiger charge is 2.51. The van der Waals surface area contributed by atoms with Gasteiger partial charge in [0.15, 0.2) is 0 Å². The lowest BCUT2D eigenvalue weighted by atomic mass is 10.0. The Hall–Kier alpha value is -3.73. The number of imide groups is 1. The molecule has 0 radical (unpaired) electrons. The van der Waals surface area contributed by atoms with E-state index in [1.54, 1.807) is 39.3 Å². The smallest absolute Gasteiger partial charge is 0.446 e. The molecular formula is C25H23F3N4O3S. The average Bonchev–Trinajstić information content (AvgIpc) is 2.99. The maximum atomic E-state index is 13.3. The van der Waals surface area contributed by atoms with Gasteiger partial charge in [-0.3, -0.25) is 4.79 Å². The predicted molar refractivity (Wildman–Crippen MR) is 131 cm³/mol. The SMILES string of the molecule is COc1ccc(Nc2cc(CN3C(=O)N(c4ccc(SC(F)(F)F)cc4)C(=O)C3(C)C)ccn2)cc1. The van der Waals surface area contributed by atoms with Crippen molar-refractivity contribution in [1.29, 1.82) is 0 Å². The Morgan fingerprint density at radius 1 is 1.03 bits per heavy atom. The molecular weight excluding hydrogens is 493 g/mol. The van der Waals surface area contributed by atoms with Crippen LogP contribution >= 0.6 is 11.8 Å². The zero-order valence-corrected chi connectivity index (χ0v) is 20.5. The number of thioether (sulfide) groups is 1. The number of halogens is 3. The first-order chi connectivity index (χ1) is 17.0. The van der Waals surface area contributed by atoms with Crippen molar-refractivity contribution in [2.24, 2.45) is 0 Å². The van der Waals surface area contributed by atoms with Crippen molar-refractivity contribution in [1.82, 2.24) is 9.88 Å². The third-order valence-electron chi connectivity index (χ3n) is 5.68. The van der Waals surface area contributed by atoms with Crippen LogP contribution in [0.4, 0.5) is 35.2 Å². The van der Waals surface area contributed by atoms with E-state index in [9.17, 15) is 22.8 Å². The Labute approximate surface area is 210 Å². The first-order valence-electron chi connectivity index (χ1n) is 10.9. The number of nitrogens with zero attached hydrogens (tertiary/aromatic N) is 3. The van der Waals surface area contributed by atoms with Crippen molar-refractivity contribution >= 4 is 40.9 Å². The van der Waals surface area contributed by atoms with Crippen molar-refractivity contribution < 1.29 is 27.5 Å². The van der Waals surface area contributed by atoms with E-state index < -0.39 is 23.0 Å². The fraction of sp³-hybridized carbons (Fsp3) is 0.240. The van der Waals surface area contributed by atoms with Gasteiger partial charge < -0.3 is 15.0 Å². The molecule has 2 heterocycles. The number of hydrogen-bond acceptors (Lipinski definition) is 6. The minimum atomic E-state index is -4.43. The first kappa shape index (κ1) is 25.4. The number of hydrogen-bond donors (Lipinski definition) is 1. The number of urea groups is 1. The quantitative estimate of drug-likeness (QED) is 0.298. The highest BCUT2D eigenvalue weighted by Crippen LogP contribution is 2.39. The molecule has 1 aliphatic rings. The Morgan fingerprint density at radius 3 is 2.31 bits per heavy atom. The summed E-state index contributed by atoms with van der Waals surface area (Å²) in [4.78, 5) is 33.2. The molecule has 11 heteroatoms. The summed E-state index contributed by atoms with van der Waals surface area (Å²) in [7, 11) is 1.59.